The lowest BCUT2D eigenvalue weighted by Gasteiger charge is -2.42. The standard InChI is InChI=1S/C26H37N5O3/c1-18-8-5-9-19-12-13-28-23(22(18)19)31(24(32)29-14-6-10-20(27)16-29)21-11-7-15-30(17-21)25(33)34-26(2,3)4/h5,8-9,12-13,20-21H,6-7,10-11,14-17,27H2,1-4H3/t20?,21-/m1/s1. The molecule has 0 spiro atoms. The summed E-state index contributed by atoms with van der Waals surface area (Å²) in [7, 11) is 0. The second-order valence-corrected chi connectivity index (χ2v) is 10.5. The molecule has 2 N–H and O–H groups in total. The van der Waals surface area contributed by atoms with Crippen LogP contribution < -0.4 is 10.6 Å². The molecule has 2 atom stereocenters. The van der Waals surface area contributed by atoms with Crippen LogP contribution in [0.25, 0.3) is 10.8 Å². The lowest BCUT2D eigenvalue weighted by Crippen LogP contribution is -2.58. The molecule has 1 unspecified atom stereocenters. The Hall–Kier alpha value is -2.87. The molecule has 3 heterocycles. The zero-order valence-electron chi connectivity index (χ0n) is 20.8. The van der Waals surface area contributed by atoms with Gasteiger partial charge in [-0.1, -0.05) is 18.2 Å². The average molecular weight is 468 g/mol. The van der Waals surface area contributed by atoms with E-state index in [1.54, 1.807) is 11.1 Å². The average Bonchev–Trinajstić information content (AvgIpc) is 2.78. The summed E-state index contributed by atoms with van der Waals surface area (Å²) in [6, 6.07) is 7.76. The lowest BCUT2D eigenvalue weighted by atomic mass is 10.0. The maximum atomic E-state index is 14.0. The number of nitrogens with two attached hydrogens (primary N) is 1. The number of anilines is 1. The number of pyridine rings is 1. The van der Waals surface area contributed by atoms with Crippen molar-refractivity contribution in [1.82, 2.24) is 14.8 Å². The number of nitrogens with zero attached hydrogens (tertiary/aromatic N) is 4. The van der Waals surface area contributed by atoms with Crippen molar-refractivity contribution < 1.29 is 14.3 Å². The van der Waals surface area contributed by atoms with Crippen LogP contribution in [0, 0.1) is 6.92 Å². The summed E-state index contributed by atoms with van der Waals surface area (Å²) in [6.45, 7) is 9.87. The van der Waals surface area contributed by atoms with Crippen molar-refractivity contribution in [3.05, 3.63) is 36.0 Å². The Labute approximate surface area is 202 Å². The third-order valence-corrected chi connectivity index (χ3v) is 6.56. The van der Waals surface area contributed by atoms with E-state index in [0.29, 0.717) is 32.0 Å². The molecule has 0 bridgehead atoms. The molecule has 184 valence electrons. The summed E-state index contributed by atoms with van der Waals surface area (Å²) in [5, 5.41) is 2.01. The molecule has 0 radical (unpaired) electrons. The van der Waals surface area contributed by atoms with Gasteiger partial charge < -0.3 is 20.3 Å². The van der Waals surface area contributed by atoms with Crippen molar-refractivity contribution in [3.8, 4) is 0 Å². The van der Waals surface area contributed by atoms with Gasteiger partial charge in [0.1, 0.15) is 11.4 Å². The molecule has 2 fully saturated rings. The van der Waals surface area contributed by atoms with E-state index in [9.17, 15) is 9.59 Å². The fraction of sp³-hybridized carbons (Fsp3) is 0.577. The fourth-order valence-corrected chi connectivity index (χ4v) is 4.98. The second-order valence-electron chi connectivity index (χ2n) is 10.5. The predicted molar refractivity (Wildman–Crippen MR) is 134 cm³/mol. The molecule has 8 nitrogen and oxygen atoms in total. The zero-order valence-corrected chi connectivity index (χ0v) is 20.8. The maximum Gasteiger partial charge on any atom is 0.410 e. The van der Waals surface area contributed by atoms with Crippen LogP contribution in [0.4, 0.5) is 15.4 Å². The van der Waals surface area contributed by atoms with E-state index in [4.69, 9.17) is 15.5 Å². The van der Waals surface area contributed by atoms with E-state index in [0.717, 1.165) is 42.0 Å². The summed E-state index contributed by atoms with van der Waals surface area (Å²) in [6.07, 6.45) is 4.80. The molecule has 1 aromatic carbocycles. The third kappa shape index (κ3) is 5.27. The van der Waals surface area contributed by atoms with Gasteiger partial charge in [-0.15, -0.1) is 0 Å². The first-order valence-corrected chi connectivity index (χ1v) is 12.3. The number of ether oxygens (including phenoxy) is 1. The van der Waals surface area contributed by atoms with Gasteiger partial charge >= 0.3 is 12.1 Å². The van der Waals surface area contributed by atoms with Crippen LogP contribution in [-0.4, -0.2) is 70.8 Å². The SMILES string of the molecule is Cc1cccc2ccnc(N(C(=O)N3CCCC(N)C3)[C@@H]3CCCN(C(=O)OC(C)(C)C)C3)c12. The minimum atomic E-state index is -0.572. The van der Waals surface area contributed by atoms with Crippen LogP contribution in [0.2, 0.25) is 0 Å². The smallest absolute Gasteiger partial charge is 0.410 e. The van der Waals surface area contributed by atoms with Crippen LogP contribution in [0.1, 0.15) is 52.0 Å². The summed E-state index contributed by atoms with van der Waals surface area (Å²) in [5.74, 6) is 0.649. The van der Waals surface area contributed by atoms with E-state index in [-0.39, 0.29) is 24.2 Å². The topological polar surface area (TPSA) is 92.0 Å². The van der Waals surface area contributed by atoms with Crippen molar-refractivity contribution >= 4 is 28.7 Å². The predicted octanol–water partition coefficient (Wildman–Crippen LogP) is 4.29. The van der Waals surface area contributed by atoms with Gasteiger partial charge in [-0.25, -0.2) is 14.6 Å². The minimum Gasteiger partial charge on any atom is -0.444 e. The highest BCUT2D eigenvalue weighted by molar-refractivity contribution is 6.03. The summed E-state index contributed by atoms with van der Waals surface area (Å²) >= 11 is 0. The Morgan fingerprint density at radius 3 is 2.56 bits per heavy atom. The van der Waals surface area contributed by atoms with Crippen molar-refractivity contribution in [2.24, 2.45) is 5.73 Å². The Kier molecular flexibility index (Phi) is 6.98. The first-order valence-electron chi connectivity index (χ1n) is 12.3. The maximum absolute atomic E-state index is 14.0. The number of piperidine rings is 2. The highest BCUT2D eigenvalue weighted by atomic mass is 16.6. The molecule has 34 heavy (non-hydrogen) atoms. The van der Waals surface area contributed by atoms with Crippen LogP contribution in [0.5, 0.6) is 0 Å². The van der Waals surface area contributed by atoms with Gasteiger partial charge in [0.15, 0.2) is 0 Å². The number of urea groups is 1. The Morgan fingerprint density at radius 2 is 1.82 bits per heavy atom. The van der Waals surface area contributed by atoms with E-state index in [1.165, 1.54) is 0 Å². The number of hydrogen-bond donors (Lipinski definition) is 1. The van der Waals surface area contributed by atoms with Crippen molar-refractivity contribution in [1.29, 1.82) is 0 Å². The zero-order chi connectivity index (χ0) is 24.5. The minimum absolute atomic E-state index is 0.0219. The molecule has 4 rings (SSSR count). The van der Waals surface area contributed by atoms with Gasteiger partial charge in [0.05, 0.1) is 6.04 Å². The van der Waals surface area contributed by atoms with Gasteiger partial charge in [0.25, 0.3) is 0 Å². The lowest BCUT2D eigenvalue weighted by molar-refractivity contribution is 0.0197. The van der Waals surface area contributed by atoms with Gasteiger partial charge in [0.2, 0.25) is 0 Å². The number of fused-ring (bicyclic) bond motifs is 1. The van der Waals surface area contributed by atoms with Crippen molar-refractivity contribution in [2.75, 3.05) is 31.1 Å². The van der Waals surface area contributed by atoms with E-state index >= 15 is 0 Å². The first kappa shape index (κ1) is 24.3. The van der Waals surface area contributed by atoms with Crippen molar-refractivity contribution in [2.45, 2.75) is 71.1 Å². The van der Waals surface area contributed by atoms with Gasteiger partial charge in [-0.05, 0) is 70.4 Å². The number of carbonyl (C=O) groups is 2. The third-order valence-electron chi connectivity index (χ3n) is 6.56. The Morgan fingerprint density at radius 1 is 1.09 bits per heavy atom. The molecular formula is C26H37N5O3. The number of aromatic nitrogens is 1. The molecule has 0 aliphatic carbocycles. The molecule has 8 heteroatoms. The molecule has 3 amide bonds. The largest absolute Gasteiger partial charge is 0.444 e. The summed E-state index contributed by atoms with van der Waals surface area (Å²) < 4.78 is 5.63. The molecular weight excluding hydrogens is 430 g/mol. The molecule has 1 aromatic heterocycles. The molecule has 2 saturated heterocycles. The van der Waals surface area contributed by atoms with E-state index < -0.39 is 5.60 Å². The quantitative estimate of drug-likeness (QED) is 0.711. The van der Waals surface area contributed by atoms with Gasteiger partial charge in [0, 0.05) is 43.8 Å². The fourth-order valence-electron chi connectivity index (χ4n) is 4.98. The number of hydrogen-bond acceptors (Lipinski definition) is 5. The number of benzene rings is 1. The van der Waals surface area contributed by atoms with E-state index in [1.807, 2.05) is 61.8 Å². The first-order chi connectivity index (χ1) is 16.1. The van der Waals surface area contributed by atoms with E-state index in [2.05, 4.69) is 0 Å². The normalized spacial score (nSPS) is 21.4. The highest BCUT2D eigenvalue weighted by Gasteiger charge is 2.37. The number of aryl methyl sites for hydroxylation is 1. The Balaban J connectivity index is 1.72. The molecule has 2 aromatic rings. The van der Waals surface area contributed by atoms with Gasteiger partial charge in [-0.2, -0.15) is 0 Å². The molecule has 2 aliphatic rings. The number of carbonyl (C=O) groups excluding carboxylic acids is 2. The number of amides is 3. The summed E-state index contributed by atoms with van der Waals surface area (Å²) in [4.78, 5) is 37.0. The molecule has 0 saturated carbocycles. The summed E-state index contributed by atoms with van der Waals surface area (Å²) in [5.41, 5.74) is 6.71. The van der Waals surface area contributed by atoms with Crippen molar-refractivity contribution in [3.63, 3.8) is 0 Å². The highest BCUT2D eigenvalue weighted by Crippen LogP contribution is 2.32. The van der Waals surface area contributed by atoms with Crippen LogP contribution in [-0.2, 0) is 4.74 Å². The number of rotatable bonds is 2. The van der Waals surface area contributed by atoms with Crippen LogP contribution in [0.15, 0.2) is 30.5 Å². The monoisotopic (exact) mass is 467 g/mol. The second kappa shape index (κ2) is 9.78. The number of likely N-dealkylation sites (tertiary alicyclic amines) is 2. The molecule has 2 aliphatic heterocycles. The Bertz CT molecular complexity index is 1050. The van der Waals surface area contributed by atoms with Crippen LogP contribution in [0.3, 0.4) is 0 Å². The van der Waals surface area contributed by atoms with Gasteiger partial charge in [-0.3, -0.25) is 4.90 Å². The van der Waals surface area contributed by atoms with Crippen LogP contribution >= 0.6 is 0 Å².